The minimum atomic E-state index is -0.485. The van der Waals surface area contributed by atoms with Gasteiger partial charge in [0.25, 0.3) is 11.3 Å². The van der Waals surface area contributed by atoms with Gasteiger partial charge < -0.3 is 5.11 Å². The van der Waals surface area contributed by atoms with Gasteiger partial charge in [-0.1, -0.05) is 23.7 Å². The third kappa shape index (κ3) is 3.39. The molecule has 0 radical (unpaired) electrons. The third-order valence-corrected chi connectivity index (χ3v) is 4.64. The number of rotatable bonds is 4. The van der Waals surface area contributed by atoms with Gasteiger partial charge in [-0.15, -0.1) is 0 Å². The summed E-state index contributed by atoms with van der Waals surface area (Å²) < 4.78 is 2.58. The molecule has 0 saturated carbocycles. The molecule has 0 fully saturated rings. The van der Waals surface area contributed by atoms with Gasteiger partial charge in [0.05, 0.1) is 13.1 Å². The topological polar surface area (TPSA) is 92.7 Å². The lowest BCUT2D eigenvalue weighted by atomic mass is 10.2. The van der Waals surface area contributed by atoms with Gasteiger partial charge in [0.2, 0.25) is 0 Å². The van der Waals surface area contributed by atoms with Crippen molar-refractivity contribution >= 4 is 22.8 Å². The predicted octanol–water partition coefficient (Wildman–Crippen LogP) is 2.14. The molecule has 4 aromatic rings. The Morgan fingerprint density at radius 3 is 2.07 bits per heavy atom. The van der Waals surface area contributed by atoms with Crippen molar-refractivity contribution in [2.24, 2.45) is 0 Å². The summed E-state index contributed by atoms with van der Waals surface area (Å²) in [5, 5.41) is 8.18. The standard InChI is InChI=1S/C20H15ClN4O3/c21-15-5-1-13(2-6-15)12-25-19(27)17-18(23-10-9-22-17)24(20(25)28)11-14-3-7-16(26)8-4-14/h1-10,26H,11-12H2/p+1. The van der Waals surface area contributed by atoms with E-state index in [1.807, 2.05) is 0 Å². The van der Waals surface area contributed by atoms with Gasteiger partial charge in [0.15, 0.2) is 11.2 Å². The highest BCUT2D eigenvalue weighted by molar-refractivity contribution is 6.30. The van der Waals surface area contributed by atoms with E-state index in [-0.39, 0.29) is 24.3 Å². The molecule has 8 heteroatoms. The van der Waals surface area contributed by atoms with E-state index in [2.05, 4.69) is 9.97 Å². The molecule has 2 heterocycles. The van der Waals surface area contributed by atoms with E-state index in [1.54, 1.807) is 48.5 Å². The Morgan fingerprint density at radius 1 is 0.821 bits per heavy atom. The number of hydrogen-bond acceptors (Lipinski definition) is 4. The molecular weight excluding hydrogens is 380 g/mol. The molecular formula is C20H16ClN4O3+. The van der Waals surface area contributed by atoms with Crippen molar-refractivity contribution in [2.45, 2.75) is 13.1 Å². The van der Waals surface area contributed by atoms with Crippen molar-refractivity contribution in [1.29, 1.82) is 0 Å². The van der Waals surface area contributed by atoms with Crippen LogP contribution in [0.1, 0.15) is 11.1 Å². The molecule has 0 aliphatic heterocycles. The van der Waals surface area contributed by atoms with Crippen molar-refractivity contribution in [2.75, 3.05) is 0 Å². The van der Waals surface area contributed by atoms with Gasteiger partial charge in [-0.25, -0.2) is 14.8 Å². The lowest BCUT2D eigenvalue weighted by molar-refractivity contribution is 0.475. The summed E-state index contributed by atoms with van der Waals surface area (Å²) in [6.07, 6.45) is 2.88. The van der Waals surface area contributed by atoms with Crippen molar-refractivity contribution in [3.05, 3.63) is 97.9 Å². The first-order valence-electron chi connectivity index (χ1n) is 8.52. The van der Waals surface area contributed by atoms with Crippen molar-refractivity contribution in [3.63, 3.8) is 0 Å². The van der Waals surface area contributed by atoms with Gasteiger partial charge >= 0.3 is 5.69 Å². The maximum atomic E-state index is 13.1. The Hall–Kier alpha value is -3.45. The molecule has 0 spiro atoms. The summed E-state index contributed by atoms with van der Waals surface area (Å²) in [6.45, 7) is 0.322. The summed E-state index contributed by atoms with van der Waals surface area (Å²) in [6, 6.07) is 13.8. The summed E-state index contributed by atoms with van der Waals surface area (Å²) >= 11 is 5.92. The van der Waals surface area contributed by atoms with Gasteiger partial charge in [-0.05, 0) is 35.4 Å². The molecule has 0 unspecified atom stereocenters. The zero-order valence-corrected chi connectivity index (χ0v) is 15.4. The lowest BCUT2D eigenvalue weighted by Gasteiger charge is -2.13. The van der Waals surface area contributed by atoms with Gasteiger partial charge in [-0.2, -0.15) is 0 Å². The second-order valence-electron chi connectivity index (χ2n) is 6.31. The third-order valence-electron chi connectivity index (χ3n) is 4.39. The monoisotopic (exact) mass is 395 g/mol. The Kier molecular flexibility index (Phi) is 4.67. The van der Waals surface area contributed by atoms with Crippen molar-refractivity contribution in [1.82, 2.24) is 19.1 Å². The number of halogens is 1. The van der Waals surface area contributed by atoms with E-state index in [1.165, 1.54) is 17.0 Å². The predicted molar refractivity (Wildman–Crippen MR) is 107 cm³/mol. The number of fused-ring (bicyclic) bond motifs is 1. The molecule has 2 N–H and O–H groups in total. The Balaban J connectivity index is 1.88. The van der Waals surface area contributed by atoms with Crippen molar-refractivity contribution < 1.29 is 5.11 Å². The molecule has 2 aromatic heterocycles. The fraction of sp³-hybridized carbons (Fsp3) is 0.100. The molecule has 0 aliphatic rings. The minimum Gasteiger partial charge on any atom is -0.593 e. The molecule has 0 atom stereocenters. The van der Waals surface area contributed by atoms with Gasteiger partial charge in [-0.3, -0.25) is 13.9 Å². The summed E-state index contributed by atoms with van der Waals surface area (Å²) in [7, 11) is 0. The van der Waals surface area contributed by atoms with E-state index in [0.717, 1.165) is 15.7 Å². The summed E-state index contributed by atoms with van der Waals surface area (Å²) in [5.41, 5.74) is 1.01. The molecule has 28 heavy (non-hydrogen) atoms. The zero-order valence-electron chi connectivity index (χ0n) is 14.7. The number of benzene rings is 2. The maximum Gasteiger partial charge on any atom is 0.333 e. The fourth-order valence-electron chi connectivity index (χ4n) is 2.98. The average molecular weight is 396 g/mol. The first-order chi connectivity index (χ1) is 13.5. The van der Waals surface area contributed by atoms with Crippen molar-refractivity contribution in [3.8, 4) is 5.75 Å². The average Bonchev–Trinajstić information content (AvgIpc) is 2.71. The Labute approximate surface area is 164 Å². The summed E-state index contributed by atoms with van der Waals surface area (Å²) in [5.74, 6) is 0.383. The zero-order chi connectivity index (χ0) is 19.7. The largest absolute Gasteiger partial charge is 0.593 e. The maximum absolute atomic E-state index is 13.1. The number of aromatic nitrogens is 4. The van der Waals surface area contributed by atoms with Crippen LogP contribution in [0.3, 0.4) is 0 Å². The highest BCUT2D eigenvalue weighted by Crippen LogP contribution is 2.13. The smallest absolute Gasteiger partial charge is 0.333 e. The Bertz CT molecular complexity index is 1260. The molecule has 0 bridgehead atoms. The van der Waals surface area contributed by atoms with E-state index in [0.29, 0.717) is 10.8 Å². The Morgan fingerprint density at radius 2 is 1.39 bits per heavy atom. The first kappa shape index (κ1) is 17.9. The van der Waals surface area contributed by atoms with E-state index >= 15 is 0 Å². The van der Waals surface area contributed by atoms with Crippen LogP contribution in [0.5, 0.6) is 5.75 Å². The van der Waals surface area contributed by atoms with Crippen LogP contribution in [0.4, 0.5) is 0 Å². The van der Waals surface area contributed by atoms with Crippen LogP contribution < -0.4 is 11.2 Å². The van der Waals surface area contributed by atoms with E-state index in [9.17, 15) is 9.59 Å². The molecule has 7 nitrogen and oxygen atoms in total. The first-order valence-corrected chi connectivity index (χ1v) is 8.90. The SMILES string of the molecule is O=c1c2nccnc2n(Cc2ccc([OH2+])cc2)c(=O)n1Cc1ccc(Cl)cc1. The minimum absolute atomic E-state index is 0.104. The van der Waals surface area contributed by atoms with E-state index in [4.69, 9.17) is 16.7 Å². The molecule has 2 aromatic carbocycles. The molecule has 0 saturated heterocycles. The molecule has 0 aliphatic carbocycles. The lowest BCUT2D eigenvalue weighted by Crippen LogP contribution is -2.41. The highest BCUT2D eigenvalue weighted by atomic mass is 35.5. The van der Waals surface area contributed by atoms with Crippen LogP contribution in [0.25, 0.3) is 11.2 Å². The number of hydrogen-bond donors (Lipinski definition) is 0. The quantitative estimate of drug-likeness (QED) is 0.495. The highest BCUT2D eigenvalue weighted by Gasteiger charge is 2.16. The normalized spacial score (nSPS) is 11.0. The molecule has 140 valence electrons. The second-order valence-corrected chi connectivity index (χ2v) is 6.75. The van der Waals surface area contributed by atoms with Crippen LogP contribution >= 0.6 is 11.6 Å². The fourth-order valence-corrected chi connectivity index (χ4v) is 3.10. The van der Waals surface area contributed by atoms with E-state index < -0.39 is 11.2 Å². The molecule has 0 amide bonds. The van der Waals surface area contributed by atoms with Gasteiger partial charge in [0, 0.05) is 29.5 Å². The summed E-state index contributed by atoms with van der Waals surface area (Å²) in [4.78, 5) is 34.4. The van der Waals surface area contributed by atoms with Crippen LogP contribution in [0.15, 0.2) is 70.5 Å². The van der Waals surface area contributed by atoms with Gasteiger partial charge in [0.1, 0.15) is 0 Å². The second kappa shape index (κ2) is 7.28. The van der Waals surface area contributed by atoms with Crippen LogP contribution in [0, 0.1) is 0 Å². The molecule has 4 rings (SSSR count). The van der Waals surface area contributed by atoms with Crippen LogP contribution in [-0.4, -0.2) is 24.2 Å². The number of nitrogens with zero attached hydrogens (tertiary/aromatic N) is 4. The van der Waals surface area contributed by atoms with Crippen LogP contribution in [0.2, 0.25) is 5.02 Å². The van der Waals surface area contributed by atoms with Crippen LogP contribution in [-0.2, 0) is 13.1 Å².